The summed E-state index contributed by atoms with van der Waals surface area (Å²) in [5, 5.41) is 3.38. The Morgan fingerprint density at radius 3 is 2.33 bits per heavy atom. The molecule has 2 N–H and O–H groups in total. The SMILES string of the molecule is Cc1ccc(NC(C)c2ccccc2)cc1NS(C)(=O)=O. The van der Waals surface area contributed by atoms with E-state index in [1.807, 2.05) is 43.3 Å². The van der Waals surface area contributed by atoms with Gasteiger partial charge in [0.1, 0.15) is 0 Å². The molecule has 5 heteroatoms. The lowest BCUT2D eigenvalue weighted by molar-refractivity contribution is 0.607. The van der Waals surface area contributed by atoms with Gasteiger partial charge in [-0.25, -0.2) is 8.42 Å². The quantitative estimate of drug-likeness (QED) is 0.888. The minimum Gasteiger partial charge on any atom is -0.378 e. The molecule has 0 aliphatic rings. The fourth-order valence-corrected chi connectivity index (χ4v) is 2.72. The molecule has 4 nitrogen and oxygen atoms in total. The Balaban J connectivity index is 2.19. The molecule has 0 saturated heterocycles. The second kappa shape index (κ2) is 6.18. The molecule has 0 fully saturated rings. The van der Waals surface area contributed by atoms with Gasteiger partial charge in [-0.1, -0.05) is 36.4 Å². The van der Waals surface area contributed by atoms with E-state index in [0.717, 1.165) is 17.5 Å². The number of hydrogen-bond acceptors (Lipinski definition) is 3. The van der Waals surface area contributed by atoms with Crippen molar-refractivity contribution in [1.29, 1.82) is 0 Å². The first-order valence-electron chi connectivity index (χ1n) is 6.75. The summed E-state index contributed by atoms with van der Waals surface area (Å²) in [5.41, 5.74) is 3.54. The largest absolute Gasteiger partial charge is 0.378 e. The van der Waals surface area contributed by atoms with Crippen molar-refractivity contribution in [1.82, 2.24) is 0 Å². The van der Waals surface area contributed by atoms with Gasteiger partial charge in [-0.2, -0.15) is 0 Å². The lowest BCUT2D eigenvalue weighted by atomic mass is 10.1. The van der Waals surface area contributed by atoms with Gasteiger partial charge in [0.25, 0.3) is 0 Å². The van der Waals surface area contributed by atoms with Crippen LogP contribution in [0.3, 0.4) is 0 Å². The van der Waals surface area contributed by atoms with Gasteiger partial charge in [-0.15, -0.1) is 0 Å². The minimum atomic E-state index is -3.27. The van der Waals surface area contributed by atoms with Crippen molar-refractivity contribution in [2.75, 3.05) is 16.3 Å². The monoisotopic (exact) mass is 304 g/mol. The third kappa shape index (κ3) is 4.49. The zero-order valence-electron chi connectivity index (χ0n) is 12.4. The number of anilines is 2. The zero-order valence-corrected chi connectivity index (χ0v) is 13.2. The lowest BCUT2D eigenvalue weighted by Crippen LogP contribution is -2.11. The van der Waals surface area contributed by atoms with Crippen LogP contribution in [-0.2, 0) is 10.0 Å². The van der Waals surface area contributed by atoms with Crippen molar-refractivity contribution >= 4 is 21.4 Å². The molecule has 21 heavy (non-hydrogen) atoms. The van der Waals surface area contributed by atoms with E-state index >= 15 is 0 Å². The van der Waals surface area contributed by atoms with Gasteiger partial charge in [0.2, 0.25) is 10.0 Å². The van der Waals surface area contributed by atoms with Crippen LogP contribution >= 0.6 is 0 Å². The Morgan fingerprint density at radius 2 is 1.71 bits per heavy atom. The summed E-state index contributed by atoms with van der Waals surface area (Å²) in [6.45, 7) is 3.94. The maximum Gasteiger partial charge on any atom is 0.229 e. The van der Waals surface area contributed by atoms with Crippen molar-refractivity contribution < 1.29 is 8.42 Å². The smallest absolute Gasteiger partial charge is 0.229 e. The van der Waals surface area contributed by atoms with Crippen molar-refractivity contribution in [3.8, 4) is 0 Å². The van der Waals surface area contributed by atoms with E-state index in [-0.39, 0.29) is 6.04 Å². The molecular weight excluding hydrogens is 284 g/mol. The van der Waals surface area contributed by atoms with E-state index in [9.17, 15) is 8.42 Å². The van der Waals surface area contributed by atoms with E-state index in [2.05, 4.69) is 29.1 Å². The van der Waals surface area contributed by atoms with Gasteiger partial charge < -0.3 is 5.32 Å². The number of nitrogens with one attached hydrogen (secondary N) is 2. The zero-order chi connectivity index (χ0) is 15.5. The molecule has 0 amide bonds. The van der Waals surface area contributed by atoms with E-state index in [4.69, 9.17) is 0 Å². The molecule has 0 aromatic heterocycles. The summed E-state index contributed by atoms with van der Waals surface area (Å²) in [7, 11) is -3.27. The molecule has 1 atom stereocenters. The Bertz CT molecular complexity index is 712. The number of aryl methyl sites for hydroxylation is 1. The second-order valence-corrected chi connectivity index (χ2v) is 6.93. The molecule has 0 saturated carbocycles. The summed E-state index contributed by atoms with van der Waals surface area (Å²) in [5.74, 6) is 0. The maximum atomic E-state index is 11.4. The predicted molar refractivity (Wildman–Crippen MR) is 88.1 cm³/mol. The maximum absolute atomic E-state index is 11.4. The third-order valence-electron chi connectivity index (χ3n) is 3.22. The van der Waals surface area contributed by atoms with Crippen LogP contribution < -0.4 is 10.0 Å². The van der Waals surface area contributed by atoms with Gasteiger partial charge in [0, 0.05) is 11.7 Å². The molecule has 0 bridgehead atoms. The average molecular weight is 304 g/mol. The predicted octanol–water partition coefficient (Wildman–Crippen LogP) is 3.54. The van der Waals surface area contributed by atoms with E-state index in [1.54, 1.807) is 0 Å². The van der Waals surface area contributed by atoms with Crippen LogP contribution in [0.25, 0.3) is 0 Å². The van der Waals surface area contributed by atoms with Crippen LogP contribution in [0.5, 0.6) is 0 Å². The number of rotatable bonds is 5. The van der Waals surface area contributed by atoms with Crippen LogP contribution in [0.2, 0.25) is 0 Å². The highest BCUT2D eigenvalue weighted by Gasteiger charge is 2.08. The van der Waals surface area contributed by atoms with Crippen molar-refractivity contribution in [3.05, 3.63) is 59.7 Å². The lowest BCUT2D eigenvalue weighted by Gasteiger charge is -2.17. The highest BCUT2D eigenvalue weighted by atomic mass is 32.2. The number of hydrogen-bond donors (Lipinski definition) is 2. The van der Waals surface area contributed by atoms with Crippen LogP contribution in [0.1, 0.15) is 24.1 Å². The van der Waals surface area contributed by atoms with Gasteiger partial charge in [-0.05, 0) is 37.1 Å². The summed E-state index contributed by atoms with van der Waals surface area (Å²) in [4.78, 5) is 0. The number of sulfonamides is 1. The fraction of sp³-hybridized carbons (Fsp3) is 0.250. The van der Waals surface area contributed by atoms with E-state index in [1.165, 1.54) is 5.56 Å². The molecule has 1 unspecified atom stereocenters. The highest BCUT2D eigenvalue weighted by Crippen LogP contribution is 2.24. The first kappa shape index (κ1) is 15.4. The molecule has 0 aliphatic heterocycles. The molecule has 0 radical (unpaired) electrons. The van der Waals surface area contributed by atoms with Gasteiger partial charge in [0.05, 0.1) is 11.9 Å². The van der Waals surface area contributed by atoms with Crippen LogP contribution in [0.15, 0.2) is 48.5 Å². The standard InChI is InChI=1S/C16H20N2O2S/c1-12-9-10-15(11-16(12)18-21(3,19)20)17-13(2)14-7-5-4-6-8-14/h4-11,13,17-18H,1-3H3. The molecule has 2 rings (SSSR count). The highest BCUT2D eigenvalue weighted by molar-refractivity contribution is 7.92. The van der Waals surface area contributed by atoms with E-state index in [0.29, 0.717) is 5.69 Å². The summed E-state index contributed by atoms with van der Waals surface area (Å²) in [6.07, 6.45) is 1.15. The van der Waals surface area contributed by atoms with E-state index < -0.39 is 10.0 Å². The van der Waals surface area contributed by atoms with Gasteiger partial charge >= 0.3 is 0 Å². The summed E-state index contributed by atoms with van der Waals surface area (Å²) >= 11 is 0. The fourth-order valence-electron chi connectivity index (χ4n) is 2.10. The Kier molecular flexibility index (Phi) is 4.53. The molecule has 2 aromatic carbocycles. The van der Waals surface area contributed by atoms with Gasteiger partial charge in [-0.3, -0.25) is 4.72 Å². The Labute approximate surface area is 126 Å². The molecule has 0 spiro atoms. The van der Waals surface area contributed by atoms with Crippen LogP contribution in [-0.4, -0.2) is 14.7 Å². The summed E-state index contributed by atoms with van der Waals surface area (Å²) in [6, 6.07) is 15.9. The first-order chi connectivity index (χ1) is 9.85. The third-order valence-corrected chi connectivity index (χ3v) is 3.81. The normalized spacial score (nSPS) is 12.7. The Morgan fingerprint density at radius 1 is 1.05 bits per heavy atom. The summed E-state index contributed by atoms with van der Waals surface area (Å²) < 4.78 is 25.3. The van der Waals surface area contributed by atoms with Crippen LogP contribution in [0, 0.1) is 6.92 Å². The molecule has 0 aliphatic carbocycles. The van der Waals surface area contributed by atoms with Crippen molar-refractivity contribution in [2.45, 2.75) is 19.9 Å². The number of benzene rings is 2. The van der Waals surface area contributed by atoms with Crippen LogP contribution in [0.4, 0.5) is 11.4 Å². The molecule has 2 aromatic rings. The average Bonchev–Trinajstić information content (AvgIpc) is 2.42. The van der Waals surface area contributed by atoms with Crippen molar-refractivity contribution in [3.63, 3.8) is 0 Å². The second-order valence-electron chi connectivity index (χ2n) is 5.18. The Hall–Kier alpha value is -2.01. The molecular formula is C16H20N2O2S. The topological polar surface area (TPSA) is 58.2 Å². The minimum absolute atomic E-state index is 0.139. The molecule has 112 valence electrons. The first-order valence-corrected chi connectivity index (χ1v) is 8.64. The van der Waals surface area contributed by atoms with Crippen molar-refractivity contribution in [2.24, 2.45) is 0 Å². The molecule has 0 heterocycles. The van der Waals surface area contributed by atoms with Gasteiger partial charge in [0.15, 0.2) is 0 Å².